The van der Waals surface area contributed by atoms with Crippen LogP contribution in [-0.4, -0.2) is 29.8 Å². The number of unbranched alkanes of at least 4 members (excludes halogenated alkanes) is 8. The van der Waals surface area contributed by atoms with Crippen molar-refractivity contribution < 1.29 is 9.52 Å². The maximum atomic E-state index is 8.84. The van der Waals surface area contributed by atoms with Crippen molar-refractivity contribution in [2.24, 2.45) is 4.99 Å². The van der Waals surface area contributed by atoms with E-state index in [-0.39, 0.29) is 0 Å². The number of anilines is 1. The molecule has 4 rings (SSSR count). The number of aliphatic hydroxyl groups is 1. The molecule has 186 valence electrons. The summed E-state index contributed by atoms with van der Waals surface area (Å²) in [5.74, 6) is 0.780. The Morgan fingerprint density at radius 1 is 0.886 bits per heavy atom. The molecule has 35 heavy (non-hydrogen) atoms. The van der Waals surface area contributed by atoms with Gasteiger partial charge in [0.15, 0.2) is 11.3 Å². The highest BCUT2D eigenvalue weighted by molar-refractivity contribution is 5.96. The van der Waals surface area contributed by atoms with Gasteiger partial charge < -0.3 is 14.8 Å². The van der Waals surface area contributed by atoms with Crippen molar-refractivity contribution >= 4 is 27.6 Å². The van der Waals surface area contributed by atoms with Crippen molar-refractivity contribution in [2.45, 2.75) is 71.6 Å². The molecule has 0 atom stereocenters. The Bertz CT molecular complexity index is 1280. The molecule has 2 aliphatic rings. The molecule has 0 spiro atoms. The molecule has 1 heterocycles. The van der Waals surface area contributed by atoms with Crippen LogP contribution in [0, 0.1) is 6.92 Å². The van der Waals surface area contributed by atoms with E-state index >= 15 is 0 Å². The number of nitrogens with zero attached hydrogens (tertiary/aromatic N) is 2. The molecule has 0 radical (unpaired) electrons. The smallest absolute Gasteiger partial charge is 0.155 e. The van der Waals surface area contributed by atoms with Gasteiger partial charge in [0.25, 0.3) is 0 Å². The lowest BCUT2D eigenvalue weighted by molar-refractivity contribution is 0.282. The van der Waals surface area contributed by atoms with E-state index in [0.717, 1.165) is 76.7 Å². The predicted octanol–water partition coefficient (Wildman–Crippen LogP) is 7.23. The van der Waals surface area contributed by atoms with Gasteiger partial charge in [0.1, 0.15) is 11.2 Å². The third-order valence-corrected chi connectivity index (χ3v) is 6.68. The molecule has 2 aromatic rings. The highest BCUT2D eigenvalue weighted by Gasteiger charge is 2.15. The Kier molecular flexibility index (Phi) is 9.13. The maximum Gasteiger partial charge on any atom is 0.155 e. The molecule has 0 saturated heterocycles. The van der Waals surface area contributed by atoms with Crippen LogP contribution in [0.1, 0.15) is 70.3 Å². The molecule has 2 N–H and O–H groups in total. The van der Waals surface area contributed by atoms with E-state index in [1.165, 1.54) is 44.1 Å². The third-order valence-electron chi connectivity index (χ3n) is 6.68. The zero-order valence-corrected chi connectivity index (χ0v) is 21.3. The lowest BCUT2D eigenvalue weighted by Gasteiger charge is -2.13. The van der Waals surface area contributed by atoms with Gasteiger partial charge in [-0.25, -0.2) is 4.98 Å². The summed E-state index contributed by atoms with van der Waals surface area (Å²) in [5.41, 5.74) is 4.80. The third kappa shape index (κ3) is 6.40. The number of rotatable bonds is 13. The van der Waals surface area contributed by atoms with Crippen LogP contribution in [0.2, 0.25) is 0 Å². The first-order chi connectivity index (χ1) is 17.2. The highest BCUT2D eigenvalue weighted by Crippen LogP contribution is 2.32. The van der Waals surface area contributed by atoms with Gasteiger partial charge in [0.2, 0.25) is 0 Å². The molecule has 0 aromatic heterocycles. The summed E-state index contributed by atoms with van der Waals surface area (Å²) in [5, 5.41) is 15.5. The molecule has 0 fully saturated rings. The topological polar surface area (TPSA) is 70.7 Å². The monoisotopic (exact) mass is 473 g/mol. The summed E-state index contributed by atoms with van der Waals surface area (Å²) in [6, 6.07) is 14.6. The molecule has 5 nitrogen and oxygen atoms in total. The average molecular weight is 474 g/mol. The van der Waals surface area contributed by atoms with Crippen molar-refractivity contribution in [2.75, 3.05) is 25.0 Å². The van der Waals surface area contributed by atoms with Crippen molar-refractivity contribution in [3.63, 3.8) is 0 Å². The zero-order chi connectivity index (χ0) is 24.5. The van der Waals surface area contributed by atoms with Crippen LogP contribution in [0.25, 0.3) is 33.3 Å². The van der Waals surface area contributed by atoms with E-state index in [1.807, 2.05) is 0 Å². The van der Waals surface area contributed by atoms with E-state index in [1.54, 1.807) is 0 Å². The molecule has 1 aliphatic carbocycles. The second-order valence-corrected chi connectivity index (χ2v) is 9.45. The molecule has 0 unspecified atom stereocenters. The fourth-order valence-corrected chi connectivity index (χ4v) is 4.76. The van der Waals surface area contributed by atoms with Crippen molar-refractivity contribution in [3.8, 4) is 11.5 Å². The number of benzene rings is 3. The molecular weight excluding hydrogens is 434 g/mol. The zero-order valence-electron chi connectivity index (χ0n) is 21.3. The fraction of sp³-hybridized carbons (Fsp3) is 0.467. The maximum absolute atomic E-state index is 8.84. The number of fused-ring (bicyclic) bond motifs is 4. The van der Waals surface area contributed by atoms with Gasteiger partial charge in [-0.2, -0.15) is 0 Å². The van der Waals surface area contributed by atoms with Gasteiger partial charge in [-0.15, -0.1) is 0 Å². The number of aliphatic hydroxyl groups excluding tert-OH is 1. The minimum atomic E-state index is 0.328. The summed E-state index contributed by atoms with van der Waals surface area (Å²) in [6.45, 7) is 6.22. The second kappa shape index (κ2) is 12.7. The van der Waals surface area contributed by atoms with Crippen molar-refractivity contribution in [1.82, 2.24) is 4.98 Å². The van der Waals surface area contributed by atoms with Gasteiger partial charge in [-0.3, -0.25) is 4.99 Å². The number of nitrogens with one attached hydrogen (secondary N) is 1. The summed E-state index contributed by atoms with van der Waals surface area (Å²) >= 11 is 0. The summed E-state index contributed by atoms with van der Waals surface area (Å²) in [4.78, 5) is 9.96. The highest BCUT2D eigenvalue weighted by atomic mass is 16.3. The quantitative estimate of drug-likeness (QED) is 0.122. The van der Waals surface area contributed by atoms with Crippen LogP contribution in [0.3, 0.4) is 0 Å². The van der Waals surface area contributed by atoms with Crippen LogP contribution in [0.5, 0.6) is 0 Å². The molecule has 2 aromatic carbocycles. The minimum Gasteiger partial charge on any atom is -0.453 e. The van der Waals surface area contributed by atoms with Crippen molar-refractivity contribution in [1.29, 1.82) is 0 Å². The average Bonchev–Trinajstić information content (AvgIpc) is 2.87. The van der Waals surface area contributed by atoms with Crippen LogP contribution in [0.4, 0.5) is 5.69 Å². The molecule has 1 aliphatic heterocycles. The molecule has 0 amide bonds. The second-order valence-electron chi connectivity index (χ2n) is 9.45. The fourth-order valence-electron chi connectivity index (χ4n) is 4.76. The lowest BCUT2D eigenvalue weighted by Crippen LogP contribution is -2.08. The van der Waals surface area contributed by atoms with Crippen LogP contribution >= 0.6 is 0 Å². The molecule has 5 heteroatoms. The molecule has 0 bridgehead atoms. The predicted molar refractivity (Wildman–Crippen MR) is 146 cm³/mol. The largest absolute Gasteiger partial charge is 0.453 e. The van der Waals surface area contributed by atoms with Crippen molar-refractivity contribution in [3.05, 3.63) is 53.4 Å². The lowest BCUT2D eigenvalue weighted by atomic mass is 10.0. The number of aromatic nitrogens is 1. The number of aryl methyl sites for hydroxylation is 1. The summed E-state index contributed by atoms with van der Waals surface area (Å²) < 4.78 is 6.37. The standard InChI is InChI=1S/C30H39N3O2/c1-3-31-25-20-28-27(19-22(25)2)33-30-24-16-12-11-15-23(24)26(21-29(30)35-28)32-17-13-9-7-5-4-6-8-10-14-18-34/h11-12,15-16,19-21,31,34H,3-10,13-14,17-18H2,1-2H3. The Labute approximate surface area is 208 Å². The van der Waals surface area contributed by atoms with E-state index in [9.17, 15) is 0 Å². The van der Waals surface area contributed by atoms with Gasteiger partial charge in [-0.05, 0) is 38.3 Å². The first-order valence-electron chi connectivity index (χ1n) is 13.3. The Hall–Kier alpha value is -2.92. The van der Waals surface area contributed by atoms with E-state index in [0.29, 0.717) is 6.61 Å². The van der Waals surface area contributed by atoms with Crippen LogP contribution < -0.4 is 10.7 Å². The van der Waals surface area contributed by atoms with Crippen LogP contribution in [0.15, 0.2) is 51.9 Å². The Balaban J connectivity index is 1.49. The normalized spacial score (nSPS) is 12.3. The first-order valence-corrected chi connectivity index (χ1v) is 13.3. The van der Waals surface area contributed by atoms with Gasteiger partial charge in [0, 0.05) is 48.3 Å². The SMILES string of the molecule is CCNc1cc2oc3cc(=NCCCCCCCCCCCO)c4ccccc4c-3nc2cc1C. The summed E-state index contributed by atoms with van der Waals surface area (Å²) in [7, 11) is 0. The van der Waals surface area contributed by atoms with E-state index in [2.05, 4.69) is 61.6 Å². The number of hydrogen-bond acceptors (Lipinski definition) is 5. The summed E-state index contributed by atoms with van der Waals surface area (Å²) in [6.07, 6.45) is 10.8. The van der Waals surface area contributed by atoms with Gasteiger partial charge in [0.05, 0.1) is 5.36 Å². The van der Waals surface area contributed by atoms with Gasteiger partial charge >= 0.3 is 0 Å². The van der Waals surface area contributed by atoms with Gasteiger partial charge in [-0.1, -0.05) is 69.2 Å². The minimum absolute atomic E-state index is 0.328. The molecular formula is C30H39N3O2. The Morgan fingerprint density at radius 2 is 1.57 bits per heavy atom. The first kappa shape index (κ1) is 25.2. The van der Waals surface area contributed by atoms with Crippen LogP contribution in [-0.2, 0) is 0 Å². The van der Waals surface area contributed by atoms with E-state index < -0.39 is 0 Å². The Morgan fingerprint density at radius 3 is 2.29 bits per heavy atom. The van der Waals surface area contributed by atoms with E-state index in [4.69, 9.17) is 19.5 Å². The molecule has 0 saturated carbocycles. The number of hydrogen-bond donors (Lipinski definition) is 2.